The van der Waals surface area contributed by atoms with Gasteiger partial charge in [0, 0.05) is 38.3 Å². The van der Waals surface area contributed by atoms with Crippen molar-refractivity contribution in [3.63, 3.8) is 0 Å². The van der Waals surface area contributed by atoms with E-state index in [9.17, 15) is 14.0 Å². The van der Waals surface area contributed by atoms with Gasteiger partial charge < -0.3 is 14.5 Å². The van der Waals surface area contributed by atoms with Crippen molar-refractivity contribution >= 4 is 11.8 Å². The van der Waals surface area contributed by atoms with E-state index in [1.54, 1.807) is 36.3 Å². The van der Waals surface area contributed by atoms with E-state index in [1.807, 2.05) is 4.90 Å². The number of fused-ring (bicyclic) bond motifs is 4. The molecular formula is C20H23FN4O3. The number of piperidine rings is 1. The van der Waals surface area contributed by atoms with Crippen LogP contribution in [0.1, 0.15) is 23.3 Å². The molecule has 4 heterocycles. The zero-order valence-corrected chi connectivity index (χ0v) is 15.7. The molecule has 148 valence electrons. The molecule has 2 aromatic rings. The predicted molar refractivity (Wildman–Crippen MR) is 100.0 cm³/mol. The first-order valence-electron chi connectivity index (χ1n) is 9.47. The van der Waals surface area contributed by atoms with E-state index in [4.69, 9.17) is 4.74 Å². The van der Waals surface area contributed by atoms with Crippen LogP contribution >= 0.6 is 0 Å². The molecule has 2 bridgehead atoms. The topological polar surface area (TPSA) is 78.5 Å². The summed E-state index contributed by atoms with van der Waals surface area (Å²) < 4.78 is 19.1. The minimum Gasteiger partial charge on any atom is -0.383 e. The Kier molecular flexibility index (Phi) is 5.13. The van der Waals surface area contributed by atoms with Crippen molar-refractivity contribution in [3.05, 3.63) is 41.8 Å². The van der Waals surface area contributed by atoms with Gasteiger partial charge in [0.2, 0.25) is 5.91 Å². The number of H-pyrrole nitrogens is 1. The van der Waals surface area contributed by atoms with Gasteiger partial charge in [-0.3, -0.25) is 14.7 Å². The minimum absolute atomic E-state index is 0.000639. The molecule has 1 aromatic heterocycles. The Bertz CT molecular complexity index is 884. The number of hydrogen-bond donors (Lipinski definition) is 1. The number of aromatic nitrogens is 2. The third-order valence-corrected chi connectivity index (χ3v) is 5.57. The summed E-state index contributed by atoms with van der Waals surface area (Å²) in [5.41, 5.74) is 1.03. The van der Waals surface area contributed by atoms with E-state index >= 15 is 0 Å². The maximum atomic E-state index is 14.0. The number of nitrogens with one attached hydrogen (secondary N) is 1. The summed E-state index contributed by atoms with van der Waals surface area (Å²) in [6.45, 7) is 1.90. The Morgan fingerprint density at radius 3 is 2.93 bits per heavy atom. The average Bonchev–Trinajstić information content (AvgIpc) is 3.02. The fourth-order valence-electron chi connectivity index (χ4n) is 4.10. The van der Waals surface area contributed by atoms with Gasteiger partial charge in [0.1, 0.15) is 11.5 Å². The van der Waals surface area contributed by atoms with Gasteiger partial charge in [-0.15, -0.1) is 0 Å². The standard InChI is InChI=1S/C20H23FN4O3/c1-28-9-8-25-14-7-6-13(19(25)26)11-24(12-14)20(27)18-10-17(22-23-18)15-4-2-3-5-16(15)21/h2-5,10,13-14H,6-9,11-12H2,1H3,(H,22,23)/t13-,14+/m0/s1. The second kappa shape index (κ2) is 7.71. The van der Waals surface area contributed by atoms with E-state index in [0.29, 0.717) is 43.2 Å². The average molecular weight is 386 g/mol. The van der Waals surface area contributed by atoms with Crippen molar-refractivity contribution in [3.8, 4) is 11.3 Å². The molecule has 0 aliphatic carbocycles. The lowest BCUT2D eigenvalue weighted by Crippen LogP contribution is -2.49. The van der Waals surface area contributed by atoms with Crippen LogP contribution in [0.5, 0.6) is 0 Å². The molecule has 3 aliphatic heterocycles. The highest BCUT2D eigenvalue weighted by molar-refractivity contribution is 5.94. The molecule has 28 heavy (non-hydrogen) atoms. The number of halogens is 1. The third-order valence-electron chi connectivity index (χ3n) is 5.57. The maximum absolute atomic E-state index is 14.0. The molecule has 1 aromatic carbocycles. The summed E-state index contributed by atoms with van der Waals surface area (Å²) in [6, 6.07) is 7.88. The largest absolute Gasteiger partial charge is 0.383 e. The molecule has 3 fully saturated rings. The maximum Gasteiger partial charge on any atom is 0.271 e. The number of carbonyl (C=O) groups excluding carboxylic acids is 2. The Morgan fingerprint density at radius 1 is 1.32 bits per heavy atom. The smallest absolute Gasteiger partial charge is 0.271 e. The van der Waals surface area contributed by atoms with Gasteiger partial charge in [-0.05, 0) is 31.0 Å². The lowest BCUT2D eigenvalue weighted by Gasteiger charge is -2.35. The number of rotatable bonds is 5. The summed E-state index contributed by atoms with van der Waals surface area (Å²) in [5.74, 6) is -0.692. The molecule has 0 saturated carbocycles. The summed E-state index contributed by atoms with van der Waals surface area (Å²) in [4.78, 5) is 29.3. The van der Waals surface area contributed by atoms with E-state index in [2.05, 4.69) is 10.2 Å². The van der Waals surface area contributed by atoms with Gasteiger partial charge in [0.15, 0.2) is 0 Å². The van der Waals surface area contributed by atoms with Crippen LogP contribution in [0, 0.1) is 11.7 Å². The Hall–Kier alpha value is -2.74. The molecule has 3 aliphatic rings. The monoisotopic (exact) mass is 386 g/mol. The van der Waals surface area contributed by atoms with Crippen LogP contribution in [0.2, 0.25) is 0 Å². The van der Waals surface area contributed by atoms with Crippen molar-refractivity contribution in [1.29, 1.82) is 0 Å². The molecule has 3 saturated heterocycles. The quantitative estimate of drug-likeness (QED) is 0.852. The van der Waals surface area contributed by atoms with Crippen LogP contribution in [-0.2, 0) is 9.53 Å². The lowest BCUT2D eigenvalue weighted by atomic mass is 9.94. The third kappa shape index (κ3) is 3.40. The molecule has 0 radical (unpaired) electrons. The van der Waals surface area contributed by atoms with Gasteiger partial charge in [-0.1, -0.05) is 12.1 Å². The van der Waals surface area contributed by atoms with Crippen LogP contribution in [0.4, 0.5) is 4.39 Å². The summed E-state index contributed by atoms with van der Waals surface area (Å²) in [7, 11) is 1.61. The highest BCUT2D eigenvalue weighted by atomic mass is 19.1. The predicted octanol–water partition coefficient (Wildman–Crippen LogP) is 1.93. The molecule has 5 rings (SSSR count). The van der Waals surface area contributed by atoms with E-state index in [-0.39, 0.29) is 29.6 Å². The Morgan fingerprint density at radius 2 is 2.14 bits per heavy atom. The van der Waals surface area contributed by atoms with Crippen molar-refractivity contribution in [1.82, 2.24) is 20.0 Å². The Labute approximate surface area is 162 Å². The summed E-state index contributed by atoms with van der Waals surface area (Å²) >= 11 is 0. The SMILES string of the molecule is COCCN1C(=O)[C@H]2CC[C@@H]1CN(C(=O)c1cc(-c3ccccc3F)n[nH]1)C2. The van der Waals surface area contributed by atoms with E-state index in [1.165, 1.54) is 6.07 Å². The molecule has 0 unspecified atom stereocenters. The summed E-state index contributed by atoms with van der Waals surface area (Å²) in [6.07, 6.45) is 1.67. The van der Waals surface area contributed by atoms with Gasteiger partial charge in [0.05, 0.1) is 18.2 Å². The highest BCUT2D eigenvalue weighted by Crippen LogP contribution is 2.30. The zero-order chi connectivity index (χ0) is 19.7. The second-order valence-electron chi connectivity index (χ2n) is 7.31. The Balaban J connectivity index is 1.53. The van der Waals surface area contributed by atoms with Crippen molar-refractivity contribution in [2.24, 2.45) is 5.92 Å². The molecule has 2 atom stereocenters. The summed E-state index contributed by atoms with van der Waals surface area (Å²) in [5, 5.41) is 6.83. The van der Waals surface area contributed by atoms with Gasteiger partial charge in [-0.25, -0.2) is 4.39 Å². The number of ether oxygens (including phenoxy) is 1. The number of carbonyl (C=O) groups is 2. The van der Waals surface area contributed by atoms with Crippen LogP contribution in [-0.4, -0.2) is 71.2 Å². The fraction of sp³-hybridized carbons (Fsp3) is 0.450. The van der Waals surface area contributed by atoms with Gasteiger partial charge in [-0.2, -0.15) is 5.10 Å². The molecular weight excluding hydrogens is 363 g/mol. The van der Waals surface area contributed by atoms with Crippen molar-refractivity contribution in [2.45, 2.75) is 18.9 Å². The van der Waals surface area contributed by atoms with Crippen LogP contribution in [0.25, 0.3) is 11.3 Å². The first-order valence-corrected chi connectivity index (χ1v) is 9.47. The highest BCUT2D eigenvalue weighted by Gasteiger charge is 2.42. The molecule has 2 amide bonds. The zero-order valence-electron chi connectivity index (χ0n) is 15.7. The number of aromatic amines is 1. The molecule has 0 spiro atoms. The molecule has 7 nitrogen and oxygen atoms in total. The first kappa shape index (κ1) is 18.6. The second-order valence-corrected chi connectivity index (χ2v) is 7.31. The van der Waals surface area contributed by atoms with Crippen molar-refractivity contribution in [2.75, 3.05) is 33.4 Å². The van der Waals surface area contributed by atoms with Crippen LogP contribution in [0.3, 0.4) is 0 Å². The lowest BCUT2D eigenvalue weighted by molar-refractivity contribution is -0.140. The fourth-order valence-corrected chi connectivity index (χ4v) is 4.10. The molecule has 1 N–H and O–H groups in total. The number of benzene rings is 1. The number of methoxy groups -OCH3 is 1. The van der Waals surface area contributed by atoms with Gasteiger partial charge in [0.25, 0.3) is 5.91 Å². The number of amides is 2. The van der Waals surface area contributed by atoms with Crippen LogP contribution < -0.4 is 0 Å². The van der Waals surface area contributed by atoms with Gasteiger partial charge >= 0.3 is 0 Å². The first-order chi connectivity index (χ1) is 13.6. The van der Waals surface area contributed by atoms with E-state index < -0.39 is 0 Å². The van der Waals surface area contributed by atoms with E-state index in [0.717, 1.165) is 12.8 Å². The van der Waals surface area contributed by atoms with Crippen molar-refractivity contribution < 1.29 is 18.7 Å². The number of nitrogens with zero attached hydrogens (tertiary/aromatic N) is 3. The normalized spacial score (nSPS) is 21.9. The minimum atomic E-state index is -0.389. The molecule has 8 heteroatoms. The number of hydrogen-bond acceptors (Lipinski definition) is 4. The van der Waals surface area contributed by atoms with Crippen LogP contribution in [0.15, 0.2) is 30.3 Å².